The van der Waals surface area contributed by atoms with Gasteiger partial charge >= 0.3 is 5.69 Å². The van der Waals surface area contributed by atoms with Gasteiger partial charge in [-0.05, 0) is 18.2 Å². The van der Waals surface area contributed by atoms with Gasteiger partial charge < -0.3 is 19.9 Å². The molecule has 1 amide bonds. The van der Waals surface area contributed by atoms with E-state index in [1.165, 1.54) is 26.3 Å². The van der Waals surface area contributed by atoms with Crippen LogP contribution in [0.2, 0.25) is 5.15 Å². The summed E-state index contributed by atoms with van der Waals surface area (Å²) in [6, 6.07) is 6.29. The molecular weight excluding hydrogens is 402 g/mol. The zero-order valence-corrected chi connectivity index (χ0v) is 16.7. The van der Waals surface area contributed by atoms with Gasteiger partial charge in [0.2, 0.25) is 0 Å². The highest BCUT2D eigenvalue weighted by Crippen LogP contribution is 2.15. The van der Waals surface area contributed by atoms with Crippen molar-refractivity contribution in [3.63, 3.8) is 0 Å². The predicted molar refractivity (Wildman–Crippen MR) is 107 cm³/mol. The van der Waals surface area contributed by atoms with Crippen molar-refractivity contribution in [2.45, 2.75) is 6.54 Å². The number of phenolic OH excluding ortho intramolecular Hbond substituents is 1. The van der Waals surface area contributed by atoms with E-state index >= 15 is 0 Å². The number of rotatable bonds is 7. The van der Waals surface area contributed by atoms with E-state index in [9.17, 15) is 19.5 Å². The average Bonchev–Trinajstić information content (AvgIpc) is 2.70. The quantitative estimate of drug-likeness (QED) is 0.384. The molecule has 1 heterocycles. The molecule has 2 N–H and O–H groups in total. The Kier molecular flexibility index (Phi) is 8.03. The molecule has 0 bridgehead atoms. The Bertz CT molecular complexity index is 1060. The monoisotopic (exact) mass is 421 g/mol. The van der Waals surface area contributed by atoms with Crippen LogP contribution in [-0.2, 0) is 27.9 Å². The van der Waals surface area contributed by atoms with E-state index < -0.39 is 17.2 Å². The lowest BCUT2D eigenvalue weighted by molar-refractivity contribution is -0.121. The summed E-state index contributed by atoms with van der Waals surface area (Å²) in [7, 11) is 2.77. The van der Waals surface area contributed by atoms with Crippen LogP contribution in [-0.4, -0.2) is 47.1 Å². The molecule has 10 heteroatoms. The number of phenols is 1. The number of carbonyl (C=O) groups is 1. The van der Waals surface area contributed by atoms with Crippen molar-refractivity contribution >= 4 is 23.2 Å². The van der Waals surface area contributed by atoms with Crippen LogP contribution in [0.25, 0.3) is 0 Å². The lowest BCUT2D eigenvalue weighted by Crippen LogP contribution is -2.40. The van der Waals surface area contributed by atoms with Crippen molar-refractivity contribution in [3.8, 4) is 17.6 Å². The molecule has 0 fully saturated rings. The van der Waals surface area contributed by atoms with Crippen molar-refractivity contribution in [1.29, 1.82) is 0 Å². The summed E-state index contributed by atoms with van der Waals surface area (Å²) in [5.41, 5.74) is -1.13. The third-order valence-corrected chi connectivity index (χ3v) is 4.12. The van der Waals surface area contributed by atoms with Crippen LogP contribution < -0.4 is 16.6 Å². The van der Waals surface area contributed by atoms with Gasteiger partial charge in [-0.1, -0.05) is 29.5 Å². The summed E-state index contributed by atoms with van der Waals surface area (Å²) in [4.78, 5) is 36.7. The second kappa shape index (κ2) is 10.5. The first-order valence-corrected chi connectivity index (χ1v) is 8.86. The van der Waals surface area contributed by atoms with E-state index in [0.29, 0.717) is 12.2 Å². The highest BCUT2D eigenvalue weighted by atomic mass is 35.5. The lowest BCUT2D eigenvalue weighted by atomic mass is 10.2. The van der Waals surface area contributed by atoms with Crippen LogP contribution in [0.5, 0.6) is 5.75 Å². The van der Waals surface area contributed by atoms with E-state index in [2.05, 4.69) is 17.2 Å². The summed E-state index contributed by atoms with van der Waals surface area (Å²) >= 11 is 6.19. The number of halogens is 1. The first-order valence-electron chi connectivity index (χ1n) is 8.49. The third kappa shape index (κ3) is 5.96. The average molecular weight is 422 g/mol. The summed E-state index contributed by atoms with van der Waals surface area (Å²) in [5, 5.41) is 11.6. The number of amides is 1. The first kappa shape index (κ1) is 22.2. The summed E-state index contributed by atoms with van der Waals surface area (Å²) in [5.74, 6) is 5.00. The largest absolute Gasteiger partial charge is 0.508 e. The van der Waals surface area contributed by atoms with Gasteiger partial charge in [0.05, 0.1) is 19.8 Å². The Morgan fingerprint density at radius 2 is 2.07 bits per heavy atom. The number of hydrogen-bond donors (Lipinski definition) is 2. The number of anilines is 1. The molecule has 0 aliphatic rings. The molecule has 0 radical (unpaired) electrons. The minimum absolute atomic E-state index is 0.0619. The van der Waals surface area contributed by atoms with Crippen molar-refractivity contribution < 1.29 is 19.4 Å². The molecule has 0 aliphatic carbocycles. The van der Waals surface area contributed by atoms with Gasteiger partial charge in [-0.15, -0.1) is 0 Å². The number of aromatic nitrogens is 2. The summed E-state index contributed by atoms with van der Waals surface area (Å²) in [6.07, 6.45) is 0. The highest BCUT2D eigenvalue weighted by Gasteiger charge is 2.17. The van der Waals surface area contributed by atoms with Crippen LogP contribution in [0.15, 0.2) is 33.9 Å². The highest BCUT2D eigenvalue weighted by molar-refractivity contribution is 6.32. The Balaban J connectivity index is 2.25. The Morgan fingerprint density at radius 1 is 1.31 bits per heavy atom. The lowest BCUT2D eigenvalue weighted by Gasteiger charge is -2.13. The fourth-order valence-corrected chi connectivity index (χ4v) is 2.53. The maximum absolute atomic E-state index is 12.4. The molecular formula is C19H20ClN3O6. The SMILES string of the molecule is COCCOCC(=O)Nc1c(Cl)n(CC#Cc2cccc(O)c2)c(=O)n(C)c1=O. The minimum Gasteiger partial charge on any atom is -0.508 e. The molecule has 9 nitrogen and oxygen atoms in total. The number of ether oxygens (including phenoxy) is 2. The zero-order valence-electron chi connectivity index (χ0n) is 15.9. The van der Waals surface area contributed by atoms with E-state index in [-0.39, 0.29) is 36.3 Å². The van der Waals surface area contributed by atoms with Crippen LogP contribution in [0.1, 0.15) is 5.56 Å². The predicted octanol–water partition coefficient (Wildman–Crippen LogP) is 0.559. The van der Waals surface area contributed by atoms with Crippen molar-refractivity contribution in [2.75, 3.05) is 32.2 Å². The van der Waals surface area contributed by atoms with E-state index in [1.54, 1.807) is 12.1 Å². The van der Waals surface area contributed by atoms with Gasteiger partial charge in [-0.2, -0.15) is 0 Å². The maximum atomic E-state index is 12.4. The molecule has 0 unspecified atom stereocenters. The van der Waals surface area contributed by atoms with E-state index in [1.807, 2.05) is 0 Å². The minimum atomic E-state index is -0.748. The smallest absolute Gasteiger partial charge is 0.332 e. The molecule has 154 valence electrons. The number of nitrogens with one attached hydrogen (secondary N) is 1. The van der Waals surface area contributed by atoms with Gasteiger partial charge in [0, 0.05) is 19.7 Å². The molecule has 1 aromatic heterocycles. The van der Waals surface area contributed by atoms with E-state index in [0.717, 1.165) is 9.13 Å². The number of carbonyl (C=O) groups excluding carboxylic acids is 1. The van der Waals surface area contributed by atoms with Crippen LogP contribution in [0.3, 0.4) is 0 Å². The molecule has 0 saturated heterocycles. The maximum Gasteiger partial charge on any atom is 0.332 e. The number of nitrogens with zero attached hydrogens (tertiary/aromatic N) is 2. The summed E-state index contributed by atoms with van der Waals surface area (Å²) < 4.78 is 11.8. The molecule has 0 saturated carbocycles. The van der Waals surface area contributed by atoms with E-state index in [4.69, 9.17) is 21.1 Å². The molecule has 1 aromatic carbocycles. The second-order valence-electron chi connectivity index (χ2n) is 5.84. The Morgan fingerprint density at radius 3 is 2.76 bits per heavy atom. The Labute approximate surface area is 171 Å². The standard InChI is InChI=1S/C19H20ClN3O6/c1-22-18(26)16(21-15(25)12-29-10-9-28-2)17(20)23(19(22)27)8-4-6-13-5-3-7-14(24)11-13/h3,5,7,11,24H,8-10,12H2,1-2H3,(H,21,25). The fourth-order valence-electron chi connectivity index (χ4n) is 2.27. The van der Waals surface area contributed by atoms with Crippen LogP contribution >= 0.6 is 11.6 Å². The van der Waals surface area contributed by atoms with Gasteiger partial charge in [0.25, 0.3) is 11.5 Å². The van der Waals surface area contributed by atoms with Crippen molar-refractivity contribution in [2.24, 2.45) is 7.05 Å². The number of hydrogen-bond acceptors (Lipinski definition) is 6. The molecule has 0 atom stereocenters. The second-order valence-corrected chi connectivity index (χ2v) is 6.20. The van der Waals surface area contributed by atoms with Crippen LogP contribution in [0, 0.1) is 11.8 Å². The van der Waals surface area contributed by atoms with Crippen molar-refractivity contribution in [3.05, 3.63) is 55.8 Å². The first-order chi connectivity index (χ1) is 13.8. The Hall–Kier alpha value is -3.06. The molecule has 2 aromatic rings. The molecule has 0 aliphatic heterocycles. The van der Waals surface area contributed by atoms with Gasteiger partial charge in [-0.3, -0.25) is 18.7 Å². The summed E-state index contributed by atoms with van der Waals surface area (Å²) in [6.45, 7) is 0.0895. The number of aromatic hydroxyl groups is 1. The molecule has 29 heavy (non-hydrogen) atoms. The molecule has 0 spiro atoms. The van der Waals surface area contributed by atoms with Gasteiger partial charge in [0.15, 0.2) is 0 Å². The topological polar surface area (TPSA) is 112 Å². The number of benzene rings is 1. The fraction of sp³-hybridized carbons (Fsp3) is 0.316. The normalized spacial score (nSPS) is 10.3. The van der Waals surface area contributed by atoms with Gasteiger partial charge in [-0.25, -0.2) is 4.79 Å². The molecule has 2 rings (SSSR count). The van der Waals surface area contributed by atoms with Crippen molar-refractivity contribution in [1.82, 2.24) is 9.13 Å². The van der Waals surface area contributed by atoms with Gasteiger partial charge in [0.1, 0.15) is 23.2 Å². The third-order valence-electron chi connectivity index (χ3n) is 3.73. The zero-order chi connectivity index (χ0) is 21.4. The number of methoxy groups -OCH3 is 1. The van der Waals surface area contributed by atoms with Crippen LogP contribution in [0.4, 0.5) is 5.69 Å².